The molecule has 4 nitrogen and oxygen atoms in total. The van der Waals surface area contributed by atoms with Crippen LogP contribution in [0.3, 0.4) is 0 Å². The molecule has 0 radical (unpaired) electrons. The molecular weight excluding hydrogens is 240 g/mol. The first-order valence-electron chi connectivity index (χ1n) is 7.05. The number of hydrogen-bond acceptors (Lipinski definition) is 4. The van der Waals surface area contributed by atoms with Crippen molar-refractivity contribution in [2.24, 2.45) is 20.8 Å². The van der Waals surface area contributed by atoms with Crippen molar-refractivity contribution in [1.29, 1.82) is 0 Å². The van der Waals surface area contributed by atoms with Crippen molar-refractivity contribution in [2.45, 2.75) is 60.0 Å². The van der Waals surface area contributed by atoms with Gasteiger partial charge in [0.05, 0.1) is 18.5 Å². The van der Waals surface area contributed by atoms with Gasteiger partial charge in [-0.1, -0.05) is 41.5 Å². The quantitative estimate of drug-likeness (QED) is 0.771. The SMILES string of the molecule is CC(C)(C)C1COC(CC2=NC(C(C)(C)C)CO2)=N1. The summed E-state index contributed by atoms with van der Waals surface area (Å²) in [6.45, 7) is 14.5. The van der Waals surface area contributed by atoms with Crippen LogP contribution < -0.4 is 0 Å². The first kappa shape index (κ1) is 14.4. The van der Waals surface area contributed by atoms with Gasteiger partial charge in [-0.15, -0.1) is 0 Å². The Labute approximate surface area is 116 Å². The summed E-state index contributed by atoms with van der Waals surface area (Å²) in [5, 5.41) is 0. The molecule has 2 unspecified atom stereocenters. The van der Waals surface area contributed by atoms with Crippen LogP contribution in [0.1, 0.15) is 48.0 Å². The summed E-state index contributed by atoms with van der Waals surface area (Å²) in [6.07, 6.45) is 0.596. The van der Waals surface area contributed by atoms with Gasteiger partial charge in [0, 0.05) is 0 Å². The van der Waals surface area contributed by atoms with E-state index in [9.17, 15) is 0 Å². The minimum atomic E-state index is 0.147. The van der Waals surface area contributed by atoms with E-state index in [0.717, 1.165) is 11.8 Å². The van der Waals surface area contributed by atoms with Gasteiger partial charge >= 0.3 is 0 Å². The van der Waals surface area contributed by atoms with Crippen LogP contribution in [0.5, 0.6) is 0 Å². The molecule has 0 saturated heterocycles. The fourth-order valence-corrected chi connectivity index (χ4v) is 2.06. The molecular formula is C15H26N2O2. The van der Waals surface area contributed by atoms with Crippen molar-refractivity contribution in [3.8, 4) is 0 Å². The molecule has 0 amide bonds. The molecule has 19 heavy (non-hydrogen) atoms. The van der Waals surface area contributed by atoms with Crippen LogP contribution in [0.15, 0.2) is 9.98 Å². The molecule has 4 heteroatoms. The van der Waals surface area contributed by atoms with Gasteiger partial charge in [0.2, 0.25) is 0 Å². The minimum Gasteiger partial charge on any atom is -0.478 e. The van der Waals surface area contributed by atoms with E-state index in [2.05, 4.69) is 51.5 Å². The highest BCUT2D eigenvalue weighted by molar-refractivity contribution is 5.98. The highest BCUT2D eigenvalue weighted by Crippen LogP contribution is 2.29. The Morgan fingerprint density at radius 3 is 1.47 bits per heavy atom. The summed E-state index contributed by atoms with van der Waals surface area (Å²) in [7, 11) is 0. The second-order valence-electron chi connectivity index (χ2n) is 7.61. The molecule has 0 spiro atoms. The van der Waals surface area contributed by atoms with E-state index in [4.69, 9.17) is 9.47 Å². The van der Waals surface area contributed by atoms with Crippen LogP contribution in [0.25, 0.3) is 0 Å². The predicted molar refractivity (Wildman–Crippen MR) is 77.9 cm³/mol. The zero-order chi connectivity index (χ0) is 14.3. The van der Waals surface area contributed by atoms with Crippen LogP contribution in [-0.4, -0.2) is 37.1 Å². The first-order valence-corrected chi connectivity index (χ1v) is 7.05. The molecule has 0 saturated carbocycles. The second-order valence-corrected chi connectivity index (χ2v) is 7.61. The highest BCUT2D eigenvalue weighted by atomic mass is 16.5. The van der Waals surface area contributed by atoms with Crippen molar-refractivity contribution in [1.82, 2.24) is 0 Å². The molecule has 0 aromatic heterocycles. The van der Waals surface area contributed by atoms with Crippen LogP contribution >= 0.6 is 0 Å². The van der Waals surface area contributed by atoms with E-state index in [1.807, 2.05) is 0 Å². The standard InChI is InChI=1S/C15H26N2O2/c1-14(2,3)10-8-18-12(16-10)7-13-17-11(9-19-13)15(4,5)6/h10-11H,7-9H2,1-6H3. The van der Waals surface area contributed by atoms with E-state index in [-0.39, 0.29) is 22.9 Å². The highest BCUT2D eigenvalue weighted by Gasteiger charge is 2.33. The molecule has 0 N–H and O–H groups in total. The average Bonchev–Trinajstić information content (AvgIpc) is 2.84. The molecule has 2 heterocycles. The van der Waals surface area contributed by atoms with Crippen molar-refractivity contribution in [3.63, 3.8) is 0 Å². The Bertz CT molecular complexity index is 361. The van der Waals surface area contributed by atoms with Gasteiger partial charge < -0.3 is 9.47 Å². The molecule has 0 aliphatic carbocycles. The third-order valence-corrected chi connectivity index (χ3v) is 3.72. The maximum atomic E-state index is 5.66. The van der Waals surface area contributed by atoms with E-state index < -0.39 is 0 Å². The Morgan fingerprint density at radius 2 is 1.21 bits per heavy atom. The Morgan fingerprint density at radius 1 is 0.842 bits per heavy atom. The van der Waals surface area contributed by atoms with Gasteiger partial charge in [0.1, 0.15) is 13.2 Å². The van der Waals surface area contributed by atoms with Crippen LogP contribution in [0.2, 0.25) is 0 Å². The summed E-state index contributed by atoms with van der Waals surface area (Å²) in [4.78, 5) is 9.29. The van der Waals surface area contributed by atoms with Gasteiger partial charge in [-0.3, -0.25) is 0 Å². The zero-order valence-electron chi connectivity index (χ0n) is 13.0. The molecule has 0 fully saturated rings. The van der Waals surface area contributed by atoms with E-state index in [0.29, 0.717) is 19.6 Å². The van der Waals surface area contributed by atoms with Crippen molar-refractivity contribution in [2.75, 3.05) is 13.2 Å². The van der Waals surface area contributed by atoms with Crippen molar-refractivity contribution >= 4 is 11.8 Å². The van der Waals surface area contributed by atoms with Crippen molar-refractivity contribution < 1.29 is 9.47 Å². The fourth-order valence-electron chi connectivity index (χ4n) is 2.06. The third-order valence-electron chi connectivity index (χ3n) is 3.72. The lowest BCUT2D eigenvalue weighted by Crippen LogP contribution is -2.25. The number of rotatable bonds is 2. The Kier molecular flexibility index (Phi) is 3.63. The molecule has 2 rings (SSSR count). The lowest BCUT2D eigenvalue weighted by atomic mass is 9.88. The van der Waals surface area contributed by atoms with E-state index in [1.54, 1.807) is 0 Å². The topological polar surface area (TPSA) is 43.2 Å². The Balaban J connectivity index is 1.97. The van der Waals surface area contributed by atoms with Gasteiger partial charge in [-0.25, -0.2) is 9.98 Å². The number of ether oxygens (including phenoxy) is 2. The number of aliphatic imine (C=N–C) groups is 2. The van der Waals surface area contributed by atoms with Crippen LogP contribution in [0, 0.1) is 10.8 Å². The van der Waals surface area contributed by atoms with Gasteiger partial charge in [0.15, 0.2) is 11.8 Å². The molecule has 108 valence electrons. The molecule has 0 aromatic carbocycles. The first-order chi connectivity index (χ1) is 8.66. The minimum absolute atomic E-state index is 0.147. The van der Waals surface area contributed by atoms with Crippen molar-refractivity contribution in [3.05, 3.63) is 0 Å². The molecule has 2 aliphatic rings. The monoisotopic (exact) mass is 266 g/mol. The molecule has 2 atom stereocenters. The predicted octanol–water partition coefficient (Wildman–Crippen LogP) is 3.06. The summed E-state index contributed by atoms with van der Waals surface area (Å²) >= 11 is 0. The third kappa shape index (κ3) is 3.48. The van der Waals surface area contributed by atoms with E-state index >= 15 is 0 Å². The lowest BCUT2D eigenvalue weighted by Gasteiger charge is -2.21. The maximum Gasteiger partial charge on any atom is 0.193 e. The van der Waals surface area contributed by atoms with Gasteiger partial charge in [-0.2, -0.15) is 0 Å². The maximum absolute atomic E-state index is 5.66. The second kappa shape index (κ2) is 4.80. The van der Waals surface area contributed by atoms with Crippen LogP contribution in [-0.2, 0) is 9.47 Å². The fraction of sp³-hybridized carbons (Fsp3) is 0.867. The summed E-state index contributed by atoms with van der Waals surface area (Å²) in [5.41, 5.74) is 0.294. The van der Waals surface area contributed by atoms with Gasteiger partial charge in [-0.05, 0) is 10.8 Å². The molecule has 0 bridgehead atoms. The number of nitrogens with zero attached hydrogens (tertiary/aromatic N) is 2. The molecule has 0 aromatic rings. The van der Waals surface area contributed by atoms with E-state index in [1.165, 1.54) is 0 Å². The Hall–Kier alpha value is -1.06. The van der Waals surface area contributed by atoms with Crippen LogP contribution in [0.4, 0.5) is 0 Å². The zero-order valence-corrected chi connectivity index (χ0v) is 13.0. The average molecular weight is 266 g/mol. The largest absolute Gasteiger partial charge is 0.478 e. The summed E-state index contributed by atoms with van der Waals surface area (Å²) < 4.78 is 11.3. The molecule has 2 aliphatic heterocycles. The lowest BCUT2D eigenvalue weighted by molar-refractivity contribution is 0.228. The summed E-state index contributed by atoms with van der Waals surface area (Å²) in [6, 6.07) is 0.478. The number of hydrogen-bond donors (Lipinski definition) is 0. The normalized spacial score (nSPS) is 27.7. The summed E-state index contributed by atoms with van der Waals surface area (Å²) in [5.74, 6) is 1.54. The van der Waals surface area contributed by atoms with Gasteiger partial charge in [0.25, 0.3) is 0 Å². The smallest absolute Gasteiger partial charge is 0.193 e.